The van der Waals surface area contributed by atoms with Crippen LogP contribution in [0, 0.1) is 3.57 Å². The van der Waals surface area contributed by atoms with Gasteiger partial charge in [-0.05, 0) is 91.1 Å². The Hall–Kier alpha value is -1.80. The van der Waals surface area contributed by atoms with Crippen molar-refractivity contribution in [3.63, 3.8) is 0 Å². The van der Waals surface area contributed by atoms with E-state index in [2.05, 4.69) is 49.2 Å². The summed E-state index contributed by atoms with van der Waals surface area (Å²) in [7, 11) is 0. The van der Waals surface area contributed by atoms with E-state index in [-0.39, 0.29) is 11.3 Å². The van der Waals surface area contributed by atoms with Crippen LogP contribution in [-0.4, -0.2) is 29.3 Å². The van der Waals surface area contributed by atoms with E-state index in [9.17, 15) is 9.90 Å². The van der Waals surface area contributed by atoms with Gasteiger partial charge in [-0.1, -0.05) is 25.4 Å². The van der Waals surface area contributed by atoms with E-state index >= 15 is 0 Å². The molecule has 160 valence electrons. The first-order chi connectivity index (χ1) is 14.1. The molecule has 0 radical (unpaired) electrons. The molecule has 0 aromatic heterocycles. The van der Waals surface area contributed by atoms with Crippen molar-refractivity contribution in [1.29, 1.82) is 0 Å². The van der Waals surface area contributed by atoms with Crippen LogP contribution in [0.5, 0.6) is 5.75 Å². The maximum Gasteiger partial charge on any atom is 0.271 e. The highest BCUT2D eigenvalue weighted by molar-refractivity contribution is 14.1. The number of carbonyl (C=O) groups is 1. The number of benzene rings is 2. The van der Waals surface area contributed by atoms with Crippen LogP contribution < -0.4 is 10.3 Å². The summed E-state index contributed by atoms with van der Waals surface area (Å²) in [6.07, 6.45) is 3.70. The number of carbonyl (C=O) groups excluding carboxylic acids is 1. The summed E-state index contributed by atoms with van der Waals surface area (Å²) in [6, 6.07) is 8.84. The Balaban J connectivity index is 1.83. The fraction of sp³-hybridized carbons (Fsp3) is 0.391. The Morgan fingerprint density at radius 2 is 2.13 bits per heavy atom. The van der Waals surface area contributed by atoms with Crippen LogP contribution in [0.2, 0.25) is 5.02 Å². The van der Waals surface area contributed by atoms with Crippen molar-refractivity contribution in [2.75, 3.05) is 11.4 Å². The van der Waals surface area contributed by atoms with Crippen molar-refractivity contribution >= 4 is 52.0 Å². The van der Waals surface area contributed by atoms with Gasteiger partial charge in [0.1, 0.15) is 5.75 Å². The highest BCUT2D eigenvalue weighted by Crippen LogP contribution is 2.45. The van der Waals surface area contributed by atoms with Crippen molar-refractivity contribution in [3.8, 4) is 5.75 Å². The van der Waals surface area contributed by atoms with E-state index in [0.29, 0.717) is 20.1 Å². The maximum absolute atomic E-state index is 12.3. The van der Waals surface area contributed by atoms with Crippen molar-refractivity contribution in [1.82, 2.24) is 5.43 Å². The van der Waals surface area contributed by atoms with Crippen molar-refractivity contribution in [2.45, 2.75) is 52.0 Å². The number of anilines is 1. The minimum absolute atomic E-state index is 0.0681. The Morgan fingerprint density at radius 3 is 2.80 bits per heavy atom. The number of amides is 1. The molecule has 2 N–H and O–H groups in total. The summed E-state index contributed by atoms with van der Waals surface area (Å²) < 4.78 is 0.683. The van der Waals surface area contributed by atoms with Gasteiger partial charge in [-0.3, -0.25) is 4.79 Å². The molecule has 1 atom stereocenters. The van der Waals surface area contributed by atoms with Crippen LogP contribution >= 0.6 is 34.2 Å². The number of hydrazone groups is 1. The van der Waals surface area contributed by atoms with Gasteiger partial charge in [0, 0.05) is 28.9 Å². The van der Waals surface area contributed by atoms with Crippen LogP contribution in [0.15, 0.2) is 35.4 Å². The van der Waals surface area contributed by atoms with Gasteiger partial charge in [-0.25, -0.2) is 5.43 Å². The number of hydrogen-bond donors (Lipinski definition) is 2. The number of phenols is 1. The zero-order chi connectivity index (χ0) is 22.1. The molecule has 30 heavy (non-hydrogen) atoms. The smallest absolute Gasteiger partial charge is 0.271 e. The summed E-state index contributed by atoms with van der Waals surface area (Å²) in [4.78, 5) is 14.7. The molecule has 1 amide bonds. The van der Waals surface area contributed by atoms with Crippen molar-refractivity contribution in [2.24, 2.45) is 5.10 Å². The zero-order valence-corrected chi connectivity index (χ0v) is 20.6. The standard InChI is InChI=1S/C23H27ClIN3O2/c1-5-8-28-20-11-18(24)16(9-17(20)14(2)12-23(28,3)4)13-26-27-22(30)15-6-7-19(25)21(29)10-15/h6-7,9-11,13-14,29H,5,8,12H2,1-4H3,(H,27,30)/b26-13-. The fourth-order valence-electron chi connectivity index (χ4n) is 4.15. The molecule has 7 heteroatoms. The first-order valence-corrected chi connectivity index (χ1v) is 11.5. The van der Waals surface area contributed by atoms with Crippen LogP contribution in [-0.2, 0) is 0 Å². The molecular formula is C23H27ClIN3O2. The largest absolute Gasteiger partial charge is 0.507 e. The molecule has 1 unspecified atom stereocenters. The number of aromatic hydroxyl groups is 1. The molecule has 0 spiro atoms. The molecule has 0 fully saturated rings. The van der Waals surface area contributed by atoms with Crippen LogP contribution in [0.1, 0.15) is 67.9 Å². The second kappa shape index (κ2) is 9.14. The lowest BCUT2D eigenvalue weighted by molar-refractivity contribution is 0.0954. The molecule has 0 bridgehead atoms. The molecule has 0 aliphatic carbocycles. The molecule has 2 aromatic rings. The minimum Gasteiger partial charge on any atom is -0.507 e. The highest BCUT2D eigenvalue weighted by Gasteiger charge is 2.36. The van der Waals surface area contributed by atoms with Gasteiger partial charge >= 0.3 is 0 Å². The Morgan fingerprint density at radius 1 is 1.40 bits per heavy atom. The van der Waals surface area contributed by atoms with Gasteiger partial charge in [0.05, 0.1) is 14.8 Å². The van der Waals surface area contributed by atoms with Crippen LogP contribution in [0.25, 0.3) is 0 Å². The minimum atomic E-state index is -0.392. The molecule has 3 rings (SSSR count). The molecule has 0 saturated carbocycles. The van der Waals surface area contributed by atoms with Gasteiger partial charge in [-0.15, -0.1) is 0 Å². The van der Waals surface area contributed by atoms with Crippen LogP contribution in [0.4, 0.5) is 5.69 Å². The predicted octanol–water partition coefficient (Wildman–Crippen LogP) is 5.92. The highest BCUT2D eigenvalue weighted by atomic mass is 127. The van der Waals surface area contributed by atoms with E-state index < -0.39 is 5.91 Å². The van der Waals surface area contributed by atoms with Crippen LogP contribution in [0.3, 0.4) is 0 Å². The number of phenolic OH excluding ortho intramolecular Hbond substituents is 1. The third-order valence-corrected chi connectivity index (χ3v) is 6.77. The number of nitrogens with one attached hydrogen (secondary N) is 1. The third kappa shape index (κ3) is 4.75. The molecule has 1 aliphatic rings. The quantitative estimate of drug-likeness (QED) is 0.282. The van der Waals surface area contributed by atoms with E-state index in [1.165, 1.54) is 17.3 Å². The molecule has 1 heterocycles. The van der Waals surface area contributed by atoms with E-state index in [0.717, 1.165) is 24.9 Å². The fourth-order valence-corrected chi connectivity index (χ4v) is 4.69. The number of rotatable bonds is 5. The second-order valence-electron chi connectivity index (χ2n) is 8.37. The second-order valence-corrected chi connectivity index (χ2v) is 9.94. The van der Waals surface area contributed by atoms with E-state index in [1.807, 2.05) is 28.7 Å². The summed E-state index contributed by atoms with van der Waals surface area (Å²) in [5.41, 5.74) is 6.12. The molecule has 0 saturated heterocycles. The molecular weight excluding hydrogens is 513 g/mol. The topological polar surface area (TPSA) is 64.9 Å². The summed E-state index contributed by atoms with van der Waals surface area (Å²) in [5.74, 6) is 0.0756. The molecule has 5 nitrogen and oxygen atoms in total. The predicted molar refractivity (Wildman–Crippen MR) is 132 cm³/mol. The van der Waals surface area contributed by atoms with Gasteiger partial charge in [0.15, 0.2) is 0 Å². The number of hydrogen-bond acceptors (Lipinski definition) is 4. The van der Waals surface area contributed by atoms with Gasteiger partial charge in [0.25, 0.3) is 5.91 Å². The average Bonchev–Trinajstić information content (AvgIpc) is 2.67. The maximum atomic E-state index is 12.3. The lowest BCUT2D eigenvalue weighted by atomic mass is 9.79. The zero-order valence-electron chi connectivity index (χ0n) is 17.7. The third-order valence-electron chi connectivity index (χ3n) is 5.53. The Labute approximate surface area is 196 Å². The Kier molecular flexibility index (Phi) is 6.97. The normalized spacial score (nSPS) is 17.8. The van der Waals surface area contributed by atoms with Gasteiger partial charge in [-0.2, -0.15) is 5.10 Å². The first kappa shape index (κ1) is 22.9. The van der Waals surface area contributed by atoms with Gasteiger partial charge in [0.2, 0.25) is 0 Å². The SMILES string of the molecule is CCCN1c2cc(Cl)c(/C=N\NC(=O)c3ccc(I)c(O)c3)cc2C(C)CC1(C)C. The lowest BCUT2D eigenvalue weighted by Crippen LogP contribution is -2.48. The summed E-state index contributed by atoms with van der Waals surface area (Å²) >= 11 is 8.58. The van der Waals surface area contributed by atoms with Crippen molar-refractivity contribution in [3.05, 3.63) is 55.6 Å². The monoisotopic (exact) mass is 539 g/mol. The summed E-state index contributed by atoms with van der Waals surface area (Å²) in [5, 5.41) is 14.5. The van der Waals surface area contributed by atoms with E-state index in [1.54, 1.807) is 18.3 Å². The summed E-state index contributed by atoms with van der Waals surface area (Å²) in [6.45, 7) is 9.97. The number of halogens is 2. The van der Waals surface area contributed by atoms with Crippen molar-refractivity contribution < 1.29 is 9.90 Å². The molecule has 1 aliphatic heterocycles. The molecule has 2 aromatic carbocycles. The Bertz CT molecular complexity index is 991. The van der Waals surface area contributed by atoms with E-state index in [4.69, 9.17) is 11.6 Å². The number of nitrogens with zero attached hydrogens (tertiary/aromatic N) is 2. The number of fused-ring (bicyclic) bond motifs is 1. The first-order valence-electron chi connectivity index (χ1n) is 10.1. The van der Waals surface area contributed by atoms with Gasteiger partial charge < -0.3 is 10.0 Å². The lowest BCUT2D eigenvalue weighted by Gasteiger charge is -2.47. The average molecular weight is 540 g/mol.